The quantitative estimate of drug-likeness (QED) is 0.528. The minimum absolute atomic E-state index is 0.127. The highest BCUT2D eigenvalue weighted by atomic mass is 35.5. The lowest BCUT2D eigenvalue weighted by Gasteiger charge is -2.16. The first kappa shape index (κ1) is 19.3. The third-order valence-electron chi connectivity index (χ3n) is 3.75. The van der Waals surface area contributed by atoms with Gasteiger partial charge in [0, 0.05) is 29.7 Å². The maximum absolute atomic E-state index is 12.5. The Morgan fingerprint density at radius 3 is 2.76 bits per heavy atom. The summed E-state index contributed by atoms with van der Waals surface area (Å²) in [4.78, 5) is 13.1. The summed E-state index contributed by atoms with van der Waals surface area (Å²) < 4.78 is 0. The summed E-state index contributed by atoms with van der Waals surface area (Å²) in [5.74, 6) is -0.149. The Bertz CT molecular complexity index is 757. The lowest BCUT2D eigenvalue weighted by Crippen LogP contribution is -2.76. The number of quaternary nitrogens is 1. The summed E-state index contributed by atoms with van der Waals surface area (Å²) in [6, 6.07) is 11.6. The Morgan fingerprint density at radius 2 is 2.16 bits per heavy atom. The first-order chi connectivity index (χ1) is 12.1. The largest absolute Gasteiger partial charge is 0.347 e. The van der Waals surface area contributed by atoms with Crippen LogP contribution in [0.5, 0.6) is 0 Å². The maximum Gasteiger partial charge on any atom is 0.261 e. The fourth-order valence-electron chi connectivity index (χ4n) is 2.47. The molecule has 0 aliphatic rings. The van der Waals surface area contributed by atoms with E-state index in [4.69, 9.17) is 22.7 Å². The molecule has 0 bridgehead atoms. The summed E-state index contributed by atoms with van der Waals surface area (Å²) in [5, 5.41) is 14.3. The SMILES string of the molecule is C[NH2+]C(=C(Cl)C=N)c1csc(C(=O)NC(CN)Cc2ccccc2)c1. The zero-order valence-corrected chi connectivity index (χ0v) is 15.5. The van der Waals surface area contributed by atoms with Gasteiger partial charge < -0.3 is 21.8 Å². The molecule has 1 atom stereocenters. The fourth-order valence-corrected chi connectivity index (χ4v) is 3.49. The number of amides is 1. The van der Waals surface area contributed by atoms with Gasteiger partial charge in [-0.3, -0.25) is 4.79 Å². The normalized spacial score (nSPS) is 13.1. The first-order valence-electron chi connectivity index (χ1n) is 7.92. The predicted octanol–water partition coefficient (Wildman–Crippen LogP) is 1.80. The van der Waals surface area contributed by atoms with E-state index in [0.717, 1.165) is 23.0 Å². The Labute approximate surface area is 156 Å². The summed E-state index contributed by atoms with van der Waals surface area (Å²) in [6.45, 7) is 0.367. The lowest BCUT2D eigenvalue weighted by molar-refractivity contribution is -0.530. The van der Waals surface area contributed by atoms with E-state index in [2.05, 4.69) is 5.32 Å². The van der Waals surface area contributed by atoms with Gasteiger partial charge >= 0.3 is 0 Å². The highest BCUT2D eigenvalue weighted by Crippen LogP contribution is 2.21. The number of nitrogens with two attached hydrogens (primary N) is 2. The van der Waals surface area contributed by atoms with Crippen LogP contribution in [0.1, 0.15) is 20.8 Å². The Hall–Kier alpha value is -1.99. The molecule has 2 rings (SSSR count). The number of carbonyl (C=O) groups is 1. The molecule has 2 aromatic rings. The minimum Gasteiger partial charge on any atom is -0.347 e. The molecule has 5 nitrogen and oxygen atoms in total. The first-order valence-corrected chi connectivity index (χ1v) is 9.18. The molecule has 132 valence electrons. The van der Waals surface area contributed by atoms with Crippen LogP contribution >= 0.6 is 22.9 Å². The number of halogens is 1. The second-order valence-electron chi connectivity index (χ2n) is 5.49. The Kier molecular flexibility index (Phi) is 7.33. The monoisotopic (exact) mass is 377 g/mol. The van der Waals surface area contributed by atoms with Crippen molar-refractivity contribution in [3.8, 4) is 0 Å². The van der Waals surface area contributed by atoms with Gasteiger partial charge in [0.1, 0.15) is 5.03 Å². The molecule has 1 aromatic carbocycles. The molecular formula is C18H22ClN4OS+. The number of thiophene rings is 1. The van der Waals surface area contributed by atoms with Gasteiger partial charge in [-0.25, -0.2) is 0 Å². The van der Waals surface area contributed by atoms with Crippen molar-refractivity contribution in [3.05, 3.63) is 62.8 Å². The van der Waals surface area contributed by atoms with Crippen molar-refractivity contribution < 1.29 is 10.1 Å². The lowest BCUT2D eigenvalue weighted by atomic mass is 10.1. The van der Waals surface area contributed by atoms with E-state index >= 15 is 0 Å². The molecule has 1 unspecified atom stereocenters. The van der Waals surface area contributed by atoms with E-state index in [0.29, 0.717) is 22.9 Å². The van der Waals surface area contributed by atoms with Gasteiger partial charge in [0.05, 0.1) is 11.9 Å². The molecule has 1 heterocycles. The smallest absolute Gasteiger partial charge is 0.261 e. The van der Waals surface area contributed by atoms with Crippen molar-refractivity contribution in [1.29, 1.82) is 5.41 Å². The van der Waals surface area contributed by atoms with Crippen LogP contribution in [0.25, 0.3) is 5.70 Å². The summed E-state index contributed by atoms with van der Waals surface area (Å²) in [7, 11) is 1.85. The zero-order chi connectivity index (χ0) is 18.2. The molecule has 0 aliphatic heterocycles. The molecular weight excluding hydrogens is 356 g/mol. The van der Waals surface area contributed by atoms with Gasteiger partial charge in [0.15, 0.2) is 5.70 Å². The molecule has 1 amide bonds. The van der Waals surface area contributed by atoms with Crippen LogP contribution in [0.15, 0.2) is 46.8 Å². The number of allylic oxidation sites excluding steroid dienone is 1. The van der Waals surface area contributed by atoms with Gasteiger partial charge in [-0.05, 0) is 18.1 Å². The second-order valence-corrected chi connectivity index (χ2v) is 6.81. The van der Waals surface area contributed by atoms with E-state index in [1.54, 1.807) is 6.07 Å². The highest BCUT2D eigenvalue weighted by molar-refractivity contribution is 7.12. The van der Waals surface area contributed by atoms with Crippen LogP contribution in [0.3, 0.4) is 0 Å². The van der Waals surface area contributed by atoms with Crippen LogP contribution in [-0.2, 0) is 6.42 Å². The number of rotatable bonds is 8. The minimum atomic E-state index is -0.149. The Balaban J connectivity index is 2.09. The third kappa shape index (κ3) is 5.24. The van der Waals surface area contributed by atoms with Crippen LogP contribution in [0.4, 0.5) is 0 Å². The molecule has 0 fully saturated rings. The van der Waals surface area contributed by atoms with Gasteiger partial charge in [0.25, 0.3) is 5.91 Å². The molecule has 0 saturated heterocycles. The van der Waals surface area contributed by atoms with Gasteiger partial charge in [-0.15, -0.1) is 11.3 Å². The number of nitrogens with one attached hydrogen (secondary N) is 2. The molecule has 25 heavy (non-hydrogen) atoms. The van der Waals surface area contributed by atoms with Crippen molar-refractivity contribution in [1.82, 2.24) is 5.32 Å². The van der Waals surface area contributed by atoms with Crippen molar-refractivity contribution >= 4 is 40.8 Å². The zero-order valence-electron chi connectivity index (χ0n) is 14.0. The van der Waals surface area contributed by atoms with Crippen LogP contribution in [0, 0.1) is 5.41 Å². The predicted molar refractivity (Wildman–Crippen MR) is 104 cm³/mol. The fraction of sp³-hybridized carbons (Fsp3) is 0.222. The molecule has 0 spiro atoms. The molecule has 0 saturated carbocycles. The topological polar surface area (TPSA) is 95.6 Å². The number of hydrogen-bond acceptors (Lipinski definition) is 4. The van der Waals surface area contributed by atoms with E-state index in [9.17, 15) is 4.79 Å². The Morgan fingerprint density at radius 1 is 1.44 bits per heavy atom. The molecule has 0 radical (unpaired) electrons. The third-order valence-corrected chi connectivity index (χ3v) is 4.99. The highest BCUT2D eigenvalue weighted by Gasteiger charge is 2.18. The molecule has 7 heteroatoms. The van der Waals surface area contributed by atoms with E-state index in [1.165, 1.54) is 11.3 Å². The van der Waals surface area contributed by atoms with Gasteiger partial charge in [-0.2, -0.15) is 0 Å². The van der Waals surface area contributed by atoms with Crippen molar-refractivity contribution in [2.24, 2.45) is 5.73 Å². The summed E-state index contributed by atoms with van der Waals surface area (Å²) in [6.07, 6.45) is 1.79. The van der Waals surface area contributed by atoms with E-state index in [1.807, 2.05) is 48.1 Å². The van der Waals surface area contributed by atoms with Crippen LogP contribution < -0.4 is 16.4 Å². The average molecular weight is 378 g/mol. The van der Waals surface area contributed by atoms with Gasteiger partial charge in [0.2, 0.25) is 0 Å². The average Bonchev–Trinajstić information content (AvgIpc) is 3.12. The van der Waals surface area contributed by atoms with Crippen molar-refractivity contribution in [2.45, 2.75) is 12.5 Å². The van der Waals surface area contributed by atoms with Crippen LogP contribution in [0.2, 0.25) is 0 Å². The number of hydrogen-bond donors (Lipinski definition) is 4. The second kappa shape index (κ2) is 9.48. The number of carbonyl (C=O) groups excluding carboxylic acids is 1. The van der Waals surface area contributed by atoms with Crippen molar-refractivity contribution in [3.63, 3.8) is 0 Å². The number of benzene rings is 1. The summed E-state index contributed by atoms with van der Waals surface area (Å²) in [5.41, 5.74) is 8.52. The molecule has 0 aliphatic carbocycles. The molecule has 6 N–H and O–H groups in total. The summed E-state index contributed by atoms with van der Waals surface area (Å²) >= 11 is 7.39. The maximum atomic E-state index is 12.5. The van der Waals surface area contributed by atoms with Gasteiger partial charge in [-0.1, -0.05) is 41.9 Å². The van der Waals surface area contributed by atoms with Crippen molar-refractivity contribution in [2.75, 3.05) is 13.6 Å². The molecule has 1 aromatic heterocycles. The van der Waals surface area contributed by atoms with E-state index < -0.39 is 0 Å². The van der Waals surface area contributed by atoms with E-state index in [-0.39, 0.29) is 11.9 Å². The standard InChI is InChI=1S/C18H21ClN4OS/c1-22-17(15(19)10-21)13-8-16(25-11-13)18(24)23-14(9-20)7-12-5-3-2-4-6-12/h2-6,8,10-11,14,21-22H,7,9,20H2,1H3,(H,23,24)/p+1. The van der Waals surface area contributed by atoms with Crippen LogP contribution in [-0.4, -0.2) is 31.8 Å².